The molecule has 1 aliphatic heterocycles. The van der Waals surface area contributed by atoms with Gasteiger partial charge < -0.3 is 14.7 Å². The van der Waals surface area contributed by atoms with Crippen LogP contribution < -0.4 is 5.32 Å². The normalized spacial score (nSPS) is 15.4. The highest BCUT2D eigenvalue weighted by Crippen LogP contribution is 2.28. The van der Waals surface area contributed by atoms with Crippen LogP contribution in [0.4, 0.5) is 0 Å². The highest BCUT2D eigenvalue weighted by Gasteiger charge is 2.26. The number of amides is 1. The predicted molar refractivity (Wildman–Crippen MR) is 105 cm³/mol. The van der Waals surface area contributed by atoms with E-state index in [0.717, 1.165) is 37.2 Å². The number of aryl methyl sites for hydroxylation is 2. The van der Waals surface area contributed by atoms with Gasteiger partial charge in [0.15, 0.2) is 0 Å². The molecular formula is C21H24N4O2. The number of piperidine rings is 1. The highest BCUT2D eigenvalue weighted by atomic mass is 16.5. The Morgan fingerprint density at radius 3 is 2.56 bits per heavy atom. The van der Waals surface area contributed by atoms with Crippen molar-refractivity contribution in [3.8, 4) is 11.3 Å². The first-order valence-electron chi connectivity index (χ1n) is 9.37. The summed E-state index contributed by atoms with van der Waals surface area (Å²) in [5.74, 6) is 0.0246. The molecule has 1 aliphatic rings. The van der Waals surface area contributed by atoms with Crippen LogP contribution in [0.5, 0.6) is 0 Å². The Kier molecular flexibility index (Phi) is 4.66. The van der Waals surface area contributed by atoms with Crippen molar-refractivity contribution in [2.45, 2.75) is 32.7 Å². The van der Waals surface area contributed by atoms with E-state index in [1.54, 1.807) is 0 Å². The van der Waals surface area contributed by atoms with Gasteiger partial charge >= 0.3 is 0 Å². The Hall–Kier alpha value is -2.73. The van der Waals surface area contributed by atoms with E-state index in [1.165, 1.54) is 5.56 Å². The standard InChI is InChI=1S/C21H24N4O2/c1-13-4-6-15(7-5-13)18-12-17(19-14(2)24-27-20(19)23-18)21(26)25-10-8-16(22-3)9-11-25/h4-7,12,16,22H,8-11H2,1-3H3. The second-order valence-electron chi connectivity index (χ2n) is 7.22. The minimum Gasteiger partial charge on any atom is -0.339 e. The lowest BCUT2D eigenvalue weighted by atomic mass is 10.0. The minimum absolute atomic E-state index is 0.0246. The van der Waals surface area contributed by atoms with Gasteiger partial charge in [0.2, 0.25) is 0 Å². The molecule has 6 heteroatoms. The maximum atomic E-state index is 13.3. The maximum absolute atomic E-state index is 13.3. The van der Waals surface area contributed by atoms with Crippen molar-refractivity contribution < 1.29 is 9.32 Å². The molecule has 1 saturated heterocycles. The van der Waals surface area contributed by atoms with Crippen molar-refractivity contribution >= 4 is 17.0 Å². The van der Waals surface area contributed by atoms with Crippen molar-refractivity contribution in [3.05, 3.63) is 47.2 Å². The molecule has 2 aromatic heterocycles. The fourth-order valence-corrected chi connectivity index (χ4v) is 3.68. The van der Waals surface area contributed by atoms with Crippen LogP contribution in [0.2, 0.25) is 0 Å². The molecule has 0 bridgehead atoms. The number of likely N-dealkylation sites (tertiary alicyclic amines) is 1. The molecule has 1 fully saturated rings. The molecule has 0 atom stereocenters. The van der Waals surface area contributed by atoms with E-state index < -0.39 is 0 Å². The van der Waals surface area contributed by atoms with Gasteiger partial charge in [0.1, 0.15) is 0 Å². The second kappa shape index (κ2) is 7.12. The minimum atomic E-state index is 0.0246. The van der Waals surface area contributed by atoms with Gasteiger partial charge in [0.25, 0.3) is 11.6 Å². The Morgan fingerprint density at radius 1 is 1.19 bits per heavy atom. The fourth-order valence-electron chi connectivity index (χ4n) is 3.68. The number of carbonyl (C=O) groups excluding carboxylic acids is 1. The molecule has 3 heterocycles. The van der Waals surface area contributed by atoms with Gasteiger partial charge in [0, 0.05) is 24.7 Å². The van der Waals surface area contributed by atoms with E-state index >= 15 is 0 Å². The van der Waals surface area contributed by atoms with Gasteiger partial charge in [-0.1, -0.05) is 35.0 Å². The Morgan fingerprint density at radius 2 is 1.89 bits per heavy atom. The third-order valence-corrected chi connectivity index (χ3v) is 5.39. The van der Waals surface area contributed by atoms with Crippen molar-refractivity contribution in [3.63, 3.8) is 0 Å². The zero-order chi connectivity index (χ0) is 19.0. The summed E-state index contributed by atoms with van der Waals surface area (Å²) in [7, 11) is 1.98. The third kappa shape index (κ3) is 3.32. The molecule has 0 unspecified atom stereocenters. The van der Waals surface area contributed by atoms with E-state index in [9.17, 15) is 4.79 Å². The van der Waals surface area contributed by atoms with Gasteiger partial charge in [-0.25, -0.2) is 4.98 Å². The van der Waals surface area contributed by atoms with Crippen LogP contribution >= 0.6 is 0 Å². The first-order chi connectivity index (χ1) is 13.1. The van der Waals surface area contributed by atoms with Crippen LogP contribution in [0, 0.1) is 13.8 Å². The van der Waals surface area contributed by atoms with Crippen LogP contribution in [0.15, 0.2) is 34.9 Å². The largest absolute Gasteiger partial charge is 0.339 e. The Labute approximate surface area is 158 Å². The van der Waals surface area contributed by atoms with Crippen LogP contribution in [0.25, 0.3) is 22.4 Å². The molecule has 140 valence electrons. The van der Waals surface area contributed by atoms with Crippen LogP contribution in [0.1, 0.15) is 34.5 Å². The summed E-state index contributed by atoms with van der Waals surface area (Å²) in [4.78, 5) is 19.8. The number of nitrogens with one attached hydrogen (secondary N) is 1. The van der Waals surface area contributed by atoms with Crippen molar-refractivity contribution in [2.75, 3.05) is 20.1 Å². The molecule has 1 amide bonds. The van der Waals surface area contributed by atoms with E-state index in [4.69, 9.17) is 4.52 Å². The maximum Gasteiger partial charge on any atom is 0.259 e. The molecule has 1 N–H and O–H groups in total. The molecule has 4 rings (SSSR count). The molecule has 1 aromatic carbocycles. The summed E-state index contributed by atoms with van der Waals surface area (Å²) < 4.78 is 5.41. The number of hydrogen-bond acceptors (Lipinski definition) is 5. The van der Waals surface area contributed by atoms with Crippen LogP contribution in [0.3, 0.4) is 0 Å². The number of fused-ring (bicyclic) bond motifs is 1. The number of pyridine rings is 1. The van der Waals surface area contributed by atoms with Gasteiger partial charge in [-0.05, 0) is 39.8 Å². The zero-order valence-corrected chi connectivity index (χ0v) is 16.0. The molecule has 0 saturated carbocycles. The summed E-state index contributed by atoms with van der Waals surface area (Å²) in [6.07, 6.45) is 1.92. The lowest BCUT2D eigenvalue weighted by Gasteiger charge is -2.32. The first kappa shape index (κ1) is 17.7. The van der Waals surface area contributed by atoms with E-state index in [2.05, 4.69) is 15.5 Å². The number of nitrogens with zero attached hydrogens (tertiary/aromatic N) is 3. The SMILES string of the molecule is CNC1CCN(C(=O)c2cc(-c3ccc(C)cc3)nc3onc(C)c23)CC1. The topological polar surface area (TPSA) is 71.3 Å². The second-order valence-corrected chi connectivity index (χ2v) is 7.22. The van der Waals surface area contributed by atoms with E-state index in [-0.39, 0.29) is 5.91 Å². The average Bonchev–Trinajstić information content (AvgIpc) is 3.08. The van der Waals surface area contributed by atoms with Crippen LogP contribution in [-0.4, -0.2) is 47.1 Å². The number of benzene rings is 1. The van der Waals surface area contributed by atoms with E-state index in [1.807, 2.05) is 56.1 Å². The lowest BCUT2D eigenvalue weighted by Crippen LogP contribution is -2.44. The van der Waals surface area contributed by atoms with Gasteiger partial charge in [0.05, 0.1) is 22.3 Å². The lowest BCUT2D eigenvalue weighted by molar-refractivity contribution is 0.0709. The van der Waals surface area contributed by atoms with Gasteiger partial charge in [-0.3, -0.25) is 4.79 Å². The monoisotopic (exact) mass is 364 g/mol. The molecule has 0 aliphatic carbocycles. The number of rotatable bonds is 3. The quantitative estimate of drug-likeness (QED) is 0.772. The molecule has 27 heavy (non-hydrogen) atoms. The molecule has 0 radical (unpaired) electrons. The molecular weight excluding hydrogens is 340 g/mol. The Balaban J connectivity index is 1.75. The van der Waals surface area contributed by atoms with E-state index in [0.29, 0.717) is 28.4 Å². The number of carbonyl (C=O) groups is 1. The predicted octanol–water partition coefficient (Wildman–Crippen LogP) is 3.33. The van der Waals surface area contributed by atoms with Crippen LogP contribution in [-0.2, 0) is 0 Å². The Bertz CT molecular complexity index is 970. The number of aromatic nitrogens is 2. The summed E-state index contributed by atoms with van der Waals surface area (Å²) in [5, 5.41) is 8.05. The summed E-state index contributed by atoms with van der Waals surface area (Å²) in [5.41, 5.74) is 4.60. The van der Waals surface area contributed by atoms with Gasteiger partial charge in [-0.2, -0.15) is 0 Å². The fraction of sp³-hybridized carbons (Fsp3) is 0.381. The van der Waals surface area contributed by atoms with Gasteiger partial charge in [-0.15, -0.1) is 0 Å². The molecule has 0 spiro atoms. The van der Waals surface area contributed by atoms with Crippen molar-refractivity contribution in [2.24, 2.45) is 0 Å². The smallest absolute Gasteiger partial charge is 0.259 e. The third-order valence-electron chi connectivity index (χ3n) is 5.39. The average molecular weight is 364 g/mol. The first-order valence-corrected chi connectivity index (χ1v) is 9.37. The zero-order valence-electron chi connectivity index (χ0n) is 16.0. The summed E-state index contributed by atoms with van der Waals surface area (Å²) in [6, 6.07) is 10.5. The van der Waals surface area contributed by atoms with Crippen molar-refractivity contribution in [1.29, 1.82) is 0 Å². The van der Waals surface area contributed by atoms with Crippen molar-refractivity contribution in [1.82, 2.24) is 20.4 Å². The summed E-state index contributed by atoms with van der Waals surface area (Å²) in [6.45, 7) is 5.39. The number of hydrogen-bond donors (Lipinski definition) is 1. The summed E-state index contributed by atoms with van der Waals surface area (Å²) >= 11 is 0. The molecule has 3 aromatic rings. The molecule has 6 nitrogen and oxygen atoms in total. The highest BCUT2D eigenvalue weighted by molar-refractivity contribution is 6.07.